The third-order valence-corrected chi connectivity index (χ3v) is 5.73. The van der Waals surface area contributed by atoms with Gasteiger partial charge in [-0.2, -0.15) is 13.2 Å². The van der Waals surface area contributed by atoms with E-state index in [1.165, 1.54) is 12.3 Å². The number of carbonyl (C=O) groups excluding carboxylic acids is 1. The minimum atomic E-state index is -4.49. The summed E-state index contributed by atoms with van der Waals surface area (Å²) in [7, 11) is 0. The summed E-state index contributed by atoms with van der Waals surface area (Å²) in [5, 5.41) is 0. The van der Waals surface area contributed by atoms with Crippen molar-refractivity contribution in [2.75, 3.05) is 24.6 Å². The molecule has 4 rings (SSSR count). The summed E-state index contributed by atoms with van der Waals surface area (Å²) in [5.41, 5.74) is 8.20. The van der Waals surface area contributed by atoms with Crippen molar-refractivity contribution in [3.63, 3.8) is 0 Å². The molecule has 0 aliphatic carbocycles. The molecule has 33 heavy (non-hydrogen) atoms. The quantitative estimate of drug-likeness (QED) is 0.575. The molecular weight excluding hydrogens is 431 g/mol. The SMILES string of the molecule is NCC(C(=O)N(CCc1ccc(C(F)(F)F)nc1)c1ccc2c(c1)OCC2)c1ccccc1. The lowest BCUT2D eigenvalue weighted by Gasteiger charge is -2.28. The highest BCUT2D eigenvalue weighted by atomic mass is 19.4. The molecular formula is C25H24F3N3O2. The fourth-order valence-electron chi connectivity index (χ4n) is 3.92. The number of benzene rings is 2. The predicted molar refractivity (Wildman–Crippen MR) is 119 cm³/mol. The zero-order chi connectivity index (χ0) is 23.4. The molecule has 3 aromatic rings. The normalized spacial score (nSPS) is 13.8. The Kier molecular flexibility index (Phi) is 6.65. The molecule has 5 nitrogen and oxygen atoms in total. The average molecular weight is 455 g/mol. The van der Waals surface area contributed by atoms with Crippen LogP contribution in [0, 0.1) is 0 Å². The van der Waals surface area contributed by atoms with E-state index in [1.54, 1.807) is 4.90 Å². The van der Waals surface area contributed by atoms with Gasteiger partial charge >= 0.3 is 6.18 Å². The summed E-state index contributed by atoms with van der Waals surface area (Å²) in [6.07, 6.45) is -2.14. The molecule has 1 aliphatic rings. The average Bonchev–Trinajstić information content (AvgIpc) is 3.28. The summed E-state index contributed by atoms with van der Waals surface area (Å²) >= 11 is 0. The van der Waals surface area contributed by atoms with Gasteiger partial charge in [0.2, 0.25) is 5.91 Å². The molecule has 0 fully saturated rings. The van der Waals surface area contributed by atoms with Gasteiger partial charge in [0.1, 0.15) is 11.4 Å². The maximum atomic E-state index is 13.6. The number of nitrogens with zero attached hydrogens (tertiary/aromatic N) is 2. The van der Waals surface area contributed by atoms with Crippen molar-refractivity contribution < 1.29 is 22.7 Å². The van der Waals surface area contributed by atoms with Crippen molar-refractivity contribution in [1.82, 2.24) is 4.98 Å². The van der Waals surface area contributed by atoms with E-state index >= 15 is 0 Å². The standard InChI is InChI=1S/C25H24F3N3O2/c26-25(27,28)23-9-6-17(16-30-23)10-12-31(20-8-7-19-11-13-33-22(19)14-20)24(32)21(15-29)18-4-2-1-3-5-18/h1-9,14,16,21H,10-13,15,29H2. The number of fused-ring (bicyclic) bond motifs is 1. The number of ether oxygens (including phenoxy) is 1. The molecule has 172 valence electrons. The van der Waals surface area contributed by atoms with Crippen LogP contribution in [0.2, 0.25) is 0 Å². The molecule has 0 radical (unpaired) electrons. The Morgan fingerprint density at radius 2 is 1.91 bits per heavy atom. The molecule has 0 bridgehead atoms. The molecule has 0 saturated carbocycles. The number of pyridine rings is 1. The Morgan fingerprint density at radius 3 is 2.58 bits per heavy atom. The van der Waals surface area contributed by atoms with Gasteiger partial charge in [0.25, 0.3) is 0 Å². The first kappa shape index (κ1) is 22.8. The van der Waals surface area contributed by atoms with Crippen LogP contribution >= 0.6 is 0 Å². The largest absolute Gasteiger partial charge is 0.493 e. The lowest BCUT2D eigenvalue weighted by Crippen LogP contribution is -2.39. The Morgan fingerprint density at radius 1 is 1.12 bits per heavy atom. The molecule has 2 heterocycles. The fourth-order valence-corrected chi connectivity index (χ4v) is 3.92. The van der Waals surface area contributed by atoms with Crippen LogP contribution < -0.4 is 15.4 Å². The molecule has 2 N–H and O–H groups in total. The number of nitrogens with two attached hydrogens (primary N) is 1. The van der Waals surface area contributed by atoms with Gasteiger partial charge in [-0.25, -0.2) is 0 Å². The maximum Gasteiger partial charge on any atom is 0.433 e. The number of halogens is 3. The summed E-state index contributed by atoms with van der Waals surface area (Å²) in [5.74, 6) is 0.0122. The van der Waals surface area contributed by atoms with E-state index in [-0.39, 0.29) is 19.0 Å². The van der Waals surface area contributed by atoms with Crippen LogP contribution in [0.3, 0.4) is 0 Å². The lowest BCUT2D eigenvalue weighted by atomic mass is 9.97. The first-order chi connectivity index (χ1) is 15.9. The molecule has 1 unspecified atom stereocenters. The topological polar surface area (TPSA) is 68.5 Å². The minimum Gasteiger partial charge on any atom is -0.493 e. The van der Waals surface area contributed by atoms with Gasteiger partial charge in [-0.15, -0.1) is 0 Å². The predicted octanol–water partition coefficient (Wildman–Crippen LogP) is 4.35. The van der Waals surface area contributed by atoms with Crippen molar-refractivity contribution in [1.29, 1.82) is 0 Å². The van der Waals surface area contributed by atoms with Gasteiger partial charge < -0.3 is 15.4 Å². The second-order valence-electron chi connectivity index (χ2n) is 7.88. The van der Waals surface area contributed by atoms with Gasteiger partial charge in [-0.3, -0.25) is 9.78 Å². The Balaban J connectivity index is 1.60. The fraction of sp³-hybridized carbons (Fsp3) is 0.280. The number of carbonyl (C=O) groups is 1. The molecule has 1 aliphatic heterocycles. The van der Waals surface area contributed by atoms with Crippen LogP contribution in [-0.2, 0) is 23.8 Å². The van der Waals surface area contributed by atoms with Crippen LogP contribution in [0.15, 0.2) is 66.9 Å². The molecule has 0 saturated heterocycles. The van der Waals surface area contributed by atoms with Crippen LogP contribution in [0.4, 0.5) is 18.9 Å². The Bertz CT molecular complexity index is 1100. The summed E-state index contributed by atoms with van der Waals surface area (Å²) < 4.78 is 44.1. The smallest absolute Gasteiger partial charge is 0.433 e. The monoisotopic (exact) mass is 455 g/mol. The van der Waals surface area contributed by atoms with E-state index in [1.807, 2.05) is 48.5 Å². The van der Waals surface area contributed by atoms with Gasteiger partial charge in [-0.05, 0) is 35.2 Å². The number of hydrogen-bond acceptors (Lipinski definition) is 4. The van der Waals surface area contributed by atoms with Gasteiger partial charge in [0, 0.05) is 37.5 Å². The van der Waals surface area contributed by atoms with Crippen molar-refractivity contribution in [2.24, 2.45) is 5.73 Å². The summed E-state index contributed by atoms with van der Waals surface area (Å²) in [6, 6.07) is 17.3. The van der Waals surface area contributed by atoms with E-state index in [4.69, 9.17) is 10.5 Å². The summed E-state index contributed by atoms with van der Waals surface area (Å²) in [4.78, 5) is 18.8. The number of amides is 1. The van der Waals surface area contributed by atoms with Crippen molar-refractivity contribution in [2.45, 2.75) is 24.9 Å². The van der Waals surface area contributed by atoms with E-state index < -0.39 is 17.8 Å². The second kappa shape index (κ2) is 9.62. The molecule has 0 spiro atoms. The lowest BCUT2D eigenvalue weighted by molar-refractivity contribution is -0.141. The van der Waals surface area contributed by atoms with E-state index in [0.29, 0.717) is 24.3 Å². The highest BCUT2D eigenvalue weighted by Crippen LogP contribution is 2.32. The molecule has 8 heteroatoms. The number of rotatable bonds is 7. The summed E-state index contributed by atoms with van der Waals surface area (Å²) in [6.45, 7) is 0.982. The number of alkyl halides is 3. The van der Waals surface area contributed by atoms with E-state index in [2.05, 4.69) is 4.98 Å². The Hall–Kier alpha value is -3.39. The van der Waals surface area contributed by atoms with Crippen LogP contribution in [0.25, 0.3) is 0 Å². The van der Waals surface area contributed by atoms with Crippen LogP contribution in [0.5, 0.6) is 5.75 Å². The van der Waals surface area contributed by atoms with Crippen LogP contribution in [0.1, 0.15) is 28.3 Å². The number of aromatic nitrogens is 1. The number of anilines is 1. The van der Waals surface area contributed by atoms with Crippen molar-refractivity contribution in [3.8, 4) is 5.75 Å². The third kappa shape index (κ3) is 5.17. The molecule has 1 amide bonds. The maximum absolute atomic E-state index is 13.6. The molecule has 1 aromatic heterocycles. The zero-order valence-corrected chi connectivity index (χ0v) is 17.9. The zero-order valence-electron chi connectivity index (χ0n) is 17.9. The third-order valence-electron chi connectivity index (χ3n) is 5.73. The van der Waals surface area contributed by atoms with Crippen molar-refractivity contribution in [3.05, 3.63) is 89.2 Å². The molecule has 2 aromatic carbocycles. The number of hydrogen-bond donors (Lipinski definition) is 1. The van der Waals surface area contributed by atoms with E-state index in [9.17, 15) is 18.0 Å². The second-order valence-corrected chi connectivity index (χ2v) is 7.88. The highest BCUT2D eigenvalue weighted by molar-refractivity contribution is 5.98. The first-order valence-corrected chi connectivity index (χ1v) is 10.7. The minimum absolute atomic E-state index is 0.128. The van der Waals surface area contributed by atoms with Gasteiger partial charge in [0.05, 0.1) is 12.5 Å². The Labute approximate surface area is 190 Å². The van der Waals surface area contributed by atoms with E-state index in [0.717, 1.165) is 29.4 Å². The van der Waals surface area contributed by atoms with Gasteiger partial charge in [0.15, 0.2) is 0 Å². The molecule has 1 atom stereocenters. The van der Waals surface area contributed by atoms with Gasteiger partial charge in [-0.1, -0.05) is 42.5 Å². The van der Waals surface area contributed by atoms with Crippen LogP contribution in [-0.4, -0.2) is 30.6 Å². The first-order valence-electron chi connectivity index (χ1n) is 10.7. The van der Waals surface area contributed by atoms with Crippen molar-refractivity contribution >= 4 is 11.6 Å². The highest BCUT2D eigenvalue weighted by Gasteiger charge is 2.32.